The molecule has 1 aromatic heterocycles. The second-order valence-electron chi connectivity index (χ2n) is 5.10. The van der Waals surface area contributed by atoms with Gasteiger partial charge in [-0.05, 0) is 48.9 Å². The van der Waals surface area contributed by atoms with E-state index >= 15 is 0 Å². The van der Waals surface area contributed by atoms with Crippen LogP contribution in [0.15, 0.2) is 30.5 Å². The van der Waals surface area contributed by atoms with Gasteiger partial charge in [0, 0.05) is 17.6 Å². The Morgan fingerprint density at radius 3 is 2.86 bits per heavy atom. The lowest BCUT2D eigenvalue weighted by atomic mass is 9.99. The van der Waals surface area contributed by atoms with Crippen LogP contribution in [0.5, 0.6) is 5.75 Å². The summed E-state index contributed by atoms with van der Waals surface area (Å²) in [6.45, 7) is 0.728. The van der Waals surface area contributed by atoms with Gasteiger partial charge in [0.25, 0.3) is 0 Å². The molecular formula is C16H16Cl2N2O. The first-order valence-electron chi connectivity index (χ1n) is 6.90. The molecule has 0 aliphatic carbocycles. The maximum atomic E-state index is 6.21. The molecule has 0 spiro atoms. The lowest BCUT2D eigenvalue weighted by Crippen LogP contribution is -2.20. The van der Waals surface area contributed by atoms with E-state index in [2.05, 4.69) is 10.3 Å². The van der Waals surface area contributed by atoms with E-state index in [1.54, 1.807) is 6.20 Å². The van der Waals surface area contributed by atoms with E-state index in [-0.39, 0.29) is 6.04 Å². The van der Waals surface area contributed by atoms with E-state index < -0.39 is 0 Å². The Bertz CT molecular complexity index is 643. The van der Waals surface area contributed by atoms with Gasteiger partial charge >= 0.3 is 0 Å². The molecule has 1 aliphatic rings. The highest BCUT2D eigenvalue weighted by Gasteiger charge is 2.21. The van der Waals surface area contributed by atoms with Crippen molar-refractivity contribution < 1.29 is 4.74 Å². The van der Waals surface area contributed by atoms with Crippen LogP contribution in [0.1, 0.15) is 22.9 Å². The molecule has 0 amide bonds. The molecule has 1 N–H and O–H groups in total. The van der Waals surface area contributed by atoms with E-state index in [0.717, 1.165) is 41.5 Å². The van der Waals surface area contributed by atoms with Crippen LogP contribution in [-0.4, -0.2) is 18.6 Å². The van der Waals surface area contributed by atoms with Gasteiger partial charge in [-0.1, -0.05) is 23.2 Å². The molecule has 0 bridgehead atoms. The highest BCUT2D eigenvalue weighted by molar-refractivity contribution is 6.31. The SMILES string of the molecule is CNC(Cc1cc(Cl)cc2c1OCC2)c1ccc(Cl)cn1. The molecule has 3 rings (SSSR count). The molecule has 1 aromatic carbocycles. The summed E-state index contributed by atoms with van der Waals surface area (Å²) in [6.07, 6.45) is 3.36. The Morgan fingerprint density at radius 2 is 2.14 bits per heavy atom. The normalized spacial score (nSPS) is 14.6. The summed E-state index contributed by atoms with van der Waals surface area (Å²) in [6, 6.07) is 7.85. The van der Waals surface area contributed by atoms with E-state index in [1.807, 2.05) is 31.3 Å². The Morgan fingerprint density at radius 1 is 1.29 bits per heavy atom. The molecule has 1 unspecified atom stereocenters. The fraction of sp³-hybridized carbons (Fsp3) is 0.312. The number of nitrogens with one attached hydrogen (secondary N) is 1. The van der Waals surface area contributed by atoms with Gasteiger partial charge < -0.3 is 10.1 Å². The zero-order chi connectivity index (χ0) is 14.8. The molecule has 0 fully saturated rings. The third kappa shape index (κ3) is 3.15. The van der Waals surface area contributed by atoms with E-state index in [4.69, 9.17) is 27.9 Å². The molecular weight excluding hydrogens is 307 g/mol. The van der Waals surface area contributed by atoms with E-state index in [0.29, 0.717) is 5.02 Å². The van der Waals surface area contributed by atoms with E-state index in [9.17, 15) is 0 Å². The number of aromatic nitrogens is 1. The first-order chi connectivity index (χ1) is 10.2. The minimum Gasteiger partial charge on any atom is -0.493 e. The third-order valence-electron chi connectivity index (χ3n) is 3.71. The summed E-state index contributed by atoms with van der Waals surface area (Å²) < 4.78 is 5.76. The van der Waals surface area contributed by atoms with Crippen molar-refractivity contribution in [3.63, 3.8) is 0 Å². The molecule has 2 aromatic rings. The van der Waals surface area contributed by atoms with Crippen molar-refractivity contribution in [2.75, 3.05) is 13.7 Å². The number of halogens is 2. The van der Waals surface area contributed by atoms with Gasteiger partial charge in [0.15, 0.2) is 0 Å². The van der Waals surface area contributed by atoms with Crippen LogP contribution in [0.4, 0.5) is 0 Å². The fourth-order valence-electron chi connectivity index (χ4n) is 2.67. The minimum absolute atomic E-state index is 0.0917. The van der Waals surface area contributed by atoms with Crippen molar-refractivity contribution in [1.29, 1.82) is 0 Å². The quantitative estimate of drug-likeness (QED) is 0.929. The molecule has 3 nitrogen and oxygen atoms in total. The number of hydrogen-bond acceptors (Lipinski definition) is 3. The fourth-order valence-corrected chi connectivity index (χ4v) is 3.04. The van der Waals surface area contributed by atoms with Crippen molar-refractivity contribution in [2.45, 2.75) is 18.9 Å². The number of nitrogens with zero attached hydrogens (tertiary/aromatic N) is 1. The van der Waals surface area contributed by atoms with E-state index in [1.165, 1.54) is 5.56 Å². The van der Waals surface area contributed by atoms with Crippen LogP contribution in [0, 0.1) is 0 Å². The van der Waals surface area contributed by atoms with Crippen molar-refractivity contribution in [2.24, 2.45) is 0 Å². The largest absolute Gasteiger partial charge is 0.493 e. The number of benzene rings is 1. The van der Waals surface area contributed by atoms with Crippen molar-refractivity contribution in [1.82, 2.24) is 10.3 Å². The Labute approximate surface area is 134 Å². The molecule has 5 heteroatoms. The zero-order valence-corrected chi connectivity index (χ0v) is 13.2. The maximum absolute atomic E-state index is 6.21. The van der Waals surface area contributed by atoms with Crippen LogP contribution in [0.2, 0.25) is 10.0 Å². The molecule has 1 atom stereocenters. The second kappa shape index (κ2) is 6.22. The zero-order valence-electron chi connectivity index (χ0n) is 11.7. The Balaban J connectivity index is 1.89. The highest BCUT2D eigenvalue weighted by Crippen LogP contribution is 2.35. The summed E-state index contributed by atoms with van der Waals surface area (Å²) >= 11 is 12.1. The second-order valence-corrected chi connectivity index (χ2v) is 5.97. The number of rotatable bonds is 4. The van der Waals surface area contributed by atoms with Crippen LogP contribution in [-0.2, 0) is 12.8 Å². The molecule has 110 valence electrons. The molecule has 1 aliphatic heterocycles. The smallest absolute Gasteiger partial charge is 0.125 e. The lowest BCUT2D eigenvalue weighted by molar-refractivity contribution is 0.352. The summed E-state index contributed by atoms with van der Waals surface area (Å²) in [5, 5.41) is 4.69. The van der Waals surface area contributed by atoms with Gasteiger partial charge in [0.2, 0.25) is 0 Å². The summed E-state index contributed by atoms with van der Waals surface area (Å²) in [5.74, 6) is 0.980. The van der Waals surface area contributed by atoms with Gasteiger partial charge in [-0.15, -0.1) is 0 Å². The first kappa shape index (κ1) is 14.6. The minimum atomic E-state index is 0.0917. The molecule has 0 saturated heterocycles. The number of fused-ring (bicyclic) bond motifs is 1. The number of pyridine rings is 1. The Kier molecular flexibility index (Phi) is 4.34. The maximum Gasteiger partial charge on any atom is 0.125 e. The number of ether oxygens (including phenoxy) is 1. The summed E-state index contributed by atoms with van der Waals surface area (Å²) in [4.78, 5) is 4.39. The molecule has 0 saturated carbocycles. The highest BCUT2D eigenvalue weighted by atomic mass is 35.5. The topological polar surface area (TPSA) is 34.1 Å². The van der Waals surface area contributed by atoms with Crippen molar-refractivity contribution in [3.8, 4) is 5.75 Å². The van der Waals surface area contributed by atoms with Gasteiger partial charge in [0.1, 0.15) is 5.75 Å². The standard InChI is InChI=1S/C16H16Cl2N2O/c1-19-15(14-3-2-12(17)9-20-14)8-11-7-13(18)6-10-4-5-21-16(10)11/h2-3,6-7,9,15,19H,4-5,8H2,1H3. The van der Waals surface area contributed by atoms with Gasteiger partial charge in [-0.2, -0.15) is 0 Å². The number of likely N-dealkylation sites (N-methyl/N-ethyl adjacent to an activating group) is 1. The van der Waals surface area contributed by atoms with Gasteiger partial charge in [-0.3, -0.25) is 4.98 Å². The summed E-state index contributed by atoms with van der Waals surface area (Å²) in [5.41, 5.74) is 3.26. The lowest BCUT2D eigenvalue weighted by Gasteiger charge is -2.18. The average Bonchev–Trinajstić information content (AvgIpc) is 2.94. The Hall–Kier alpha value is -1.29. The average molecular weight is 323 g/mol. The van der Waals surface area contributed by atoms with Crippen LogP contribution in [0.25, 0.3) is 0 Å². The molecule has 2 heterocycles. The van der Waals surface area contributed by atoms with Gasteiger partial charge in [0.05, 0.1) is 23.4 Å². The predicted molar refractivity (Wildman–Crippen MR) is 85.4 cm³/mol. The molecule has 0 radical (unpaired) electrons. The third-order valence-corrected chi connectivity index (χ3v) is 4.15. The van der Waals surface area contributed by atoms with Crippen molar-refractivity contribution in [3.05, 3.63) is 57.3 Å². The van der Waals surface area contributed by atoms with Crippen LogP contribution >= 0.6 is 23.2 Å². The monoisotopic (exact) mass is 322 g/mol. The van der Waals surface area contributed by atoms with Crippen LogP contribution < -0.4 is 10.1 Å². The van der Waals surface area contributed by atoms with Gasteiger partial charge in [-0.25, -0.2) is 0 Å². The van der Waals surface area contributed by atoms with Crippen molar-refractivity contribution >= 4 is 23.2 Å². The molecule has 21 heavy (non-hydrogen) atoms. The first-order valence-corrected chi connectivity index (χ1v) is 7.66. The summed E-state index contributed by atoms with van der Waals surface area (Å²) in [7, 11) is 1.92. The number of hydrogen-bond donors (Lipinski definition) is 1. The van der Waals surface area contributed by atoms with Crippen LogP contribution in [0.3, 0.4) is 0 Å². The predicted octanol–water partition coefficient (Wildman–Crippen LogP) is 3.83.